The van der Waals surface area contributed by atoms with E-state index in [-0.39, 0.29) is 11.0 Å². The van der Waals surface area contributed by atoms with Gasteiger partial charge in [-0.3, -0.25) is 0 Å². The number of hydrogen-bond donors (Lipinski definition) is 1. The Morgan fingerprint density at radius 3 is 1.64 bits per heavy atom. The van der Waals surface area contributed by atoms with Crippen LogP contribution in [0.3, 0.4) is 0 Å². The van der Waals surface area contributed by atoms with Crippen molar-refractivity contribution in [2.75, 3.05) is 0 Å². The van der Waals surface area contributed by atoms with Gasteiger partial charge >= 0.3 is 0 Å². The maximum Gasteiger partial charge on any atom is 0.0477 e. The van der Waals surface area contributed by atoms with Crippen LogP contribution in [-0.2, 0) is 0 Å². The predicted molar refractivity (Wildman–Crippen MR) is 118 cm³/mol. The van der Waals surface area contributed by atoms with Crippen molar-refractivity contribution in [3.63, 3.8) is 0 Å². The second-order valence-electron chi connectivity index (χ2n) is 7.73. The molecule has 3 N–H and O–H groups in total. The van der Waals surface area contributed by atoms with Gasteiger partial charge in [0, 0.05) is 4.87 Å². The molecule has 0 radical (unpaired) electrons. The van der Waals surface area contributed by atoms with Crippen molar-refractivity contribution in [2.45, 2.75) is 128 Å². The lowest BCUT2D eigenvalue weighted by molar-refractivity contribution is 0.290. The van der Waals surface area contributed by atoms with Crippen LogP contribution in [0, 0.1) is 5.92 Å². The molecule has 0 heterocycles. The first kappa shape index (κ1) is 27.2. The fourth-order valence-corrected chi connectivity index (χ4v) is 4.25. The van der Waals surface area contributed by atoms with Gasteiger partial charge in [0.05, 0.1) is 0 Å². The second-order valence-corrected chi connectivity index (χ2v) is 8.48. The van der Waals surface area contributed by atoms with E-state index in [1.165, 1.54) is 96.3 Å². The van der Waals surface area contributed by atoms with Crippen LogP contribution < -0.4 is 6.15 Å². The summed E-state index contributed by atoms with van der Waals surface area (Å²) in [5.41, 5.74) is 0. The molecule has 0 aromatic heterocycles. The average Bonchev–Trinajstić information content (AvgIpc) is 2.59. The molecule has 0 aromatic carbocycles. The minimum Gasteiger partial charge on any atom is -0.344 e. The molecule has 0 amide bonds. The largest absolute Gasteiger partial charge is 0.344 e. The number of allylic oxidation sites excluding steroid dienone is 1. The van der Waals surface area contributed by atoms with Gasteiger partial charge < -0.3 is 6.15 Å². The smallest absolute Gasteiger partial charge is 0.0477 e. The highest BCUT2D eigenvalue weighted by Gasteiger charge is 2.34. The highest BCUT2D eigenvalue weighted by atomic mass is 35.5. The standard InChI is InChI=1S/C23H45Cl.H3N/c1-5-9-12-13-14-15-16-17-19-22(18-8-4)23(24,20-10-6-2)21-11-7-3;/h8,22H,4-7,9-21H2,1-3H3;1H3. The Morgan fingerprint density at radius 2 is 1.20 bits per heavy atom. The van der Waals surface area contributed by atoms with E-state index in [1.807, 2.05) is 0 Å². The molecule has 152 valence electrons. The molecule has 0 saturated carbocycles. The van der Waals surface area contributed by atoms with Crippen LogP contribution >= 0.6 is 11.6 Å². The zero-order chi connectivity index (χ0) is 18.1. The Balaban J connectivity index is 0. The molecule has 0 spiro atoms. The van der Waals surface area contributed by atoms with E-state index in [1.54, 1.807) is 0 Å². The molecular formula is C23H48ClN. The summed E-state index contributed by atoms with van der Waals surface area (Å²) in [6.07, 6.45) is 23.0. The van der Waals surface area contributed by atoms with Crippen LogP contribution in [0.25, 0.3) is 0 Å². The quantitative estimate of drug-likeness (QED) is 0.145. The molecule has 0 saturated heterocycles. The van der Waals surface area contributed by atoms with Crippen molar-refractivity contribution in [3.8, 4) is 0 Å². The number of hydrogen-bond acceptors (Lipinski definition) is 1. The Kier molecular flexibility index (Phi) is 20.4. The van der Waals surface area contributed by atoms with Gasteiger partial charge in [-0.2, -0.15) is 0 Å². The summed E-state index contributed by atoms with van der Waals surface area (Å²) in [7, 11) is 0. The van der Waals surface area contributed by atoms with Crippen LogP contribution in [0.4, 0.5) is 0 Å². The molecule has 0 aliphatic rings. The third-order valence-corrected chi connectivity index (χ3v) is 6.17. The van der Waals surface area contributed by atoms with E-state index in [2.05, 4.69) is 33.4 Å². The lowest BCUT2D eigenvalue weighted by atomic mass is 9.78. The van der Waals surface area contributed by atoms with Crippen LogP contribution in [0.1, 0.15) is 124 Å². The summed E-state index contributed by atoms with van der Waals surface area (Å²) in [6, 6.07) is 0. The third kappa shape index (κ3) is 13.8. The second kappa shape index (κ2) is 18.8. The van der Waals surface area contributed by atoms with Crippen LogP contribution in [-0.4, -0.2) is 4.87 Å². The fraction of sp³-hybridized carbons (Fsp3) is 0.913. The van der Waals surface area contributed by atoms with Gasteiger partial charge in [0.2, 0.25) is 0 Å². The monoisotopic (exact) mass is 373 g/mol. The fourth-order valence-electron chi connectivity index (χ4n) is 3.79. The molecule has 0 rings (SSSR count). The van der Waals surface area contributed by atoms with Gasteiger partial charge in [-0.15, -0.1) is 18.2 Å². The topological polar surface area (TPSA) is 35.0 Å². The van der Waals surface area contributed by atoms with Gasteiger partial charge in [0.1, 0.15) is 0 Å². The van der Waals surface area contributed by atoms with Crippen molar-refractivity contribution >= 4 is 11.6 Å². The zero-order valence-corrected chi connectivity index (χ0v) is 18.5. The van der Waals surface area contributed by atoms with Crippen molar-refractivity contribution in [2.24, 2.45) is 5.92 Å². The number of rotatable bonds is 18. The first-order valence-electron chi connectivity index (χ1n) is 10.9. The van der Waals surface area contributed by atoms with Crippen molar-refractivity contribution in [1.29, 1.82) is 0 Å². The number of unbranched alkanes of at least 4 members (excludes halogenated alkanes) is 9. The van der Waals surface area contributed by atoms with Gasteiger partial charge in [-0.05, 0) is 31.6 Å². The minimum atomic E-state index is 0. The van der Waals surface area contributed by atoms with E-state index in [0.29, 0.717) is 5.92 Å². The highest BCUT2D eigenvalue weighted by molar-refractivity contribution is 6.24. The van der Waals surface area contributed by atoms with Crippen LogP contribution in [0.2, 0.25) is 0 Å². The lowest BCUT2D eigenvalue weighted by Crippen LogP contribution is -2.32. The maximum atomic E-state index is 7.19. The van der Waals surface area contributed by atoms with E-state index in [0.717, 1.165) is 6.42 Å². The van der Waals surface area contributed by atoms with Gasteiger partial charge in [0.25, 0.3) is 0 Å². The van der Waals surface area contributed by atoms with Crippen LogP contribution in [0.15, 0.2) is 12.7 Å². The van der Waals surface area contributed by atoms with E-state index in [4.69, 9.17) is 11.6 Å². The lowest BCUT2D eigenvalue weighted by Gasteiger charge is -2.36. The van der Waals surface area contributed by atoms with Crippen LogP contribution in [0.5, 0.6) is 0 Å². The van der Waals surface area contributed by atoms with Gasteiger partial charge in [-0.1, -0.05) is 104 Å². The minimum absolute atomic E-state index is 0. The summed E-state index contributed by atoms with van der Waals surface area (Å²) < 4.78 is 0. The summed E-state index contributed by atoms with van der Waals surface area (Å²) in [5.74, 6) is 0.620. The Labute approximate surface area is 165 Å². The summed E-state index contributed by atoms with van der Waals surface area (Å²) >= 11 is 7.19. The van der Waals surface area contributed by atoms with E-state index in [9.17, 15) is 0 Å². The molecule has 0 fully saturated rings. The first-order chi connectivity index (χ1) is 11.6. The summed E-state index contributed by atoms with van der Waals surface area (Å²) in [6.45, 7) is 10.8. The SMILES string of the molecule is C=CCC(CCCCCCCCCC)C(Cl)(CCCC)CCCC.N. The zero-order valence-electron chi connectivity index (χ0n) is 17.8. The maximum absolute atomic E-state index is 7.19. The molecule has 0 aliphatic heterocycles. The molecular weight excluding hydrogens is 326 g/mol. The normalized spacial score (nSPS) is 12.6. The molecule has 1 unspecified atom stereocenters. The van der Waals surface area contributed by atoms with Crippen molar-refractivity contribution in [1.82, 2.24) is 6.15 Å². The van der Waals surface area contributed by atoms with Crippen molar-refractivity contribution in [3.05, 3.63) is 12.7 Å². The summed E-state index contributed by atoms with van der Waals surface area (Å²) in [5, 5.41) is 0. The summed E-state index contributed by atoms with van der Waals surface area (Å²) in [4.78, 5) is 0.0152. The molecule has 0 aromatic rings. The Morgan fingerprint density at radius 1 is 0.760 bits per heavy atom. The molecule has 2 heteroatoms. The Bertz CT molecular complexity index is 269. The highest BCUT2D eigenvalue weighted by Crippen LogP contribution is 2.41. The molecule has 0 aliphatic carbocycles. The predicted octanol–water partition coefficient (Wildman–Crippen LogP) is 9.23. The first-order valence-corrected chi connectivity index (χ1v) is 11.3. The van der Waals surface area contributed by atoms with Gasteiger partial charge in [-0.25, -0.2) is 0 Å². The molecule has 1 atom stereocenters. The average molecular weight is 374 g/mol. The number of halogens is 1. The van der Waals surface area contributed by atoms with Gasteiger partial charge in [0.15, 0.2) is 0 Å². The third-order valence-electron chi connectivity index (χ3n) is 5.48. The molecule has 1 nitrogen and oxygen atoms in total. The van der Waals surface area contributed by atoms with E-state index >= 15 is 0 Å². The number of alkyl halides is 1. The van der Waals surface area contributed by atoms with E-state index < -0.39 is 0 Å². The molecule has 25 heavy (non-hydrogen) atoms. The van der Waals surface area contributed by atoms with Crippen molar-refractivity contribution < 1.29 is 0 Å². The molecule has 0 bridgehead atoms. The Hall–Kier alpha value is -0.0100.